The molecule has 0 N–H and O–H groups in total. The minimum atomic E-state index is -0.477. The molecule has 1 aliphatic carbocycles. The van der Waals surface area contributed by atoms with Crippen molar-refractivity contribution in [2.24, 2.45) is 11.3 Å². The van der Waals surface area contributed by atoms with Gasteiger partial charge in [-0.1, -0.05) is 36.4 Å². The second kappa shape index (κ2) is 7.10. The van der Waals surface area contributed by atoms with Crippen LogP contribution in [-0.4, -0.2) is 18.2 Å². The molecule has 2 rings (SSSR count). The number of carbonyl (C=O) groups is 1. The quantitative estimate of drug-likeness (QED) is 0.606. The average Bonchev–Trinajstić information content (AvgIpc) is 2.87. The summed E-state index contributed by atoms with van der Waals surface area (Å²) in [6, 6.07) is 10.1. The number of rotatable bonds is 5. The Morgan fingerprint density at radius 2 is 1.95 bits per heavy atom. The summed E-state index contributed by atoms with van der Waals surface area (Å²) in [7, 11) is 0. The van der Waals surface area contributed by atoms with Gasteiger partial charge in [0.05, 0.1) is 18.1 Å². The van der Waals surface area contributed by atoms with E-state index < -0.39 is 5.41 Å². The predicted octanol–water partition coefficient (Wildman–Crippen LogP) is 4.13. The van der Waals surface area contributed by atoms with E-state index in [1.54, 1.807) is 0 Å². The summed E-state index contributed by atoms with van der Waals surface area (Å²) in [6.07, 6.45) is 3.47. The zero-order valence-electron chi connectivity index (χ0n) is 13.7. The lowest BCUT2D eigenvalue weighted by Gasteiger charge is -2.23. The predicted molar refractivity (Wildman–Crippen MR) is 87.3 cm³/mol. The van der Waals surface area contributed by atoms with Crippen molar-refractivity contribution in [3.63, 3.8) is 0 Å². The standard InChI is InChI=1S/C19H26O3/c1-5-15-11-16(21-13-14-9-7-6-8-10-14)12-17(15)22-18(20)19(2,3)4/h5-10,15-17H,1,11-13H2,2-4H3/t15-,16-,17+/m0/s1. The van der Waals surface area contributed by atoms with Gasteiger partial charge in [-0.3, -0.25) is 4.79 Å². The van der Waals surface area contributed by atoms with Crippen molar-refractivity contribution in [1.29, 1.82) is 0 Å². The van der Waals surface area contributed by atoms with Crippen LogP contribution < -0.4 is 0 Å². The molecule has 3 heteroatoms. The van der Waals surface area contributed by atoms with E-state index in [1.165, 1.54) is 0 Å². The van der Waals surface area contributed by atoms with Crippen molar-refractivity contribution in [2.75, 3.05) is 0 Å². The van der Waals surface area contributed by atoms with Gasteiger partial charge < -0.3 is 9.47 Å². The molecule has 1 saturated carbocycles. The molecule has 0 radical (unpaired) electrons. The van der Waals surface area contributed by atoms with Crippen molar-refractivity contribution in [2.45, 2.75) is 52.4 Å². The Bertz CT molecular complexity index is 501. The van der Waals surface area contributed by atoms with Crippen LogP contribution >= 0.6 is 0 Å². The third kappa shape index (κ3) is 4.44. The fourth-order valence-corrected chi connectivity index (χ4v) is 2.61. The smallest absolute Gasteiger partial charge is 0.311 e. The molecule has 0 spiro atoms. The molecule has 120 valence electrons. The number of benzene rings is 1. The van der Waals surface area contributed by atoms with E-state index in [0.29, 0.717) is 6.61 Å². The van der Waals surface area contributed by atoms with Gasteiger partial charge in [-0.05, 0) is 32.8 Å². The number of esters is 1. The number of carbonyl (C=O) groups excluding carboxylic acids is 1. The highest BCUT2D eigenvalue weighted by Crippen LogP contribution is 2.33. The molecule has 1 aliphatic rings. The highest BCUT2D eigenvalue weighted by Gasteiger charge is 2.37. The molecule has 3 atom stereocenters. The lowest BCUT2D eigenvalue weighted by molar-refractivity contribution is -0.159. The molecule has 0 aromatic heterocycles. The van der Waals surface area contributed by atoms with Gasteiger partial charge in [0.25, 0.3) is 0 Å². The average molecular weight is 302 g/mol. The second-order valence-corrected chi connectivity index (χ2v) is 6.98. The summed E-state index contributed by atoms with van der Waals surface area (Å²) in [6.45, 7) is 10.1. The van der Waals surface area contributed by atoms with Crippen LogP contribution in [0, 0.1) is 11.3 Å². The summed E-state index contributed by atoms with van der Waals surface area (Å²) in [4.78, 5) is 12.1. The maximum atomic E-state index is 12.1. The Morgan fingerprint density at radius 1 is 1.27 bits per heavy atom. The third-order valence-electron chi connectivity index (χ3n) is 4.01. The van der Waals surface area contributed by atoms with Gasteiger partial charge in [0.15, 0.2) is 0 Å². The van der Waals surface area contributed by atoms with Crippen LogP contribution in [0.25, 0.3) is 0 Å². The maximum Gasteiger partial charge on any atom is 0.311 e. The van der Waals surface area contributed by atoms with Crippen LogP contribution in [0.3, 0.4) is 0 Å². The molecule has 1 aromatic rings. The van der Waals surface area contributed by atoms with Gasteiger partial charge in [0.2, 0.25) is 0 Å². The van der Waals surface area contributed by atoms with E-state index in [2.05, 4.69) is 18.7 Å². The minimum Gasteiger partial charge on any atom is -0.461 e. The van der Waals surface area contributed by atoms with Gasteiger partial charge in [0, 0.05) is 12.3 Å². The van der Waals surface area contributed by atoms with Crippen LogP contribution in [0.1, 0.15) is 39.2 Å². The van der Waals surface area contributed by atoms with Gasteiger partial charge in [-0.15, -0.1) is 6.58 Å². The van der Waals surface area contributed by atoms with E-state index in [1.807, 2.05) is 45.0 Å². The van der Waals surface area contributed by atoms with E-state index >= 15 is 0 Å². The van der Waals surface area contributed by atoms with Gasteiger partial charge in [-0.2, -0.15) is 0 Å². The molecule has 22 heavy (non-hydrogen) atoms. The SMILES string of the molecule is C=C[C@H]1C[C@H](OCc2ccccc2)C[C@H]1OC(=O)C(C)(C)C. The van der Waals surface area contributed by atoms with Crippen molar-refractivity contribution < 1.29 is 14.3 Å². The molecule has 0 aliphatic heterocycles. The lowest BCUT2D eigenvalue weighted by Crippen LogP contribution is -2.29. The first-order valence-corrected chi connectivity index (χ1v) is 7.89. The Balaban J connectivity index is 1.89. The molecule has 1 fully saturated rings. The summed E-state index contributed by atoms with van der Waals surface area (Å²) in [5, 5.41) is 0. The summed E-state index contributed by atoms with van der Waals surface area (Å²) in [5.41, 5.74) is 0.683. The highest BCUT2D eigenvalue weighted by molar-refractivity contribution is 5.75. The Labute approximate surface area is 133 Å². The van der Waals surface area contributed by atoms with Crippen molar-refractivity contribution >= 4 is 5.97 Å². The topological polar surface area (TPSA) is 35.5 Å². The molecule has 0 heterocycles. The molecule has 3 nitrogen and oxygen atoms in total. The Morgan fingerprint density at radius 3 is 2.55 bits per heavy atom. The highest BCUT2D eigenvalue weighted by atomic mass is 16.5. The van der Waals surface area contributed by atoms with E-state index in [4.69, 9.17) is 9.47 Å². The van der Waals surface area contributed by atoms with Crippen LogP contribution in [0.4, 0.5) is 0 Å². The first-order valence-electron chi connectivity index (χ1n) is 7.89. The largest absolute Gasteiger partial charge is 0.461 e. The van der Waals surface area contributed by atoms with E-state index in [9.17, 15) is 4.79 Å². The monoisotopic (exact) mass is 302 g/mol. The summed E-state index contributed by atoms with van der Waals surface area (Å²) in [5.74, 6) is 0.0140. The fourth-order valence-electron chi connectivity index (χ4n) is 2.61. The fraction of sp³-hybridized carbons (Fsp3) is 0.526. The minimum absolute atomic E-state index is 0.112. The molecule has 0 amide bonds. The number of hydrogen-bond acceptors (Lipinski definition) is 3. The van der Waals surface area contributed by atoms with Crippen LogP contribution in [0.5, 0.6) is 0 Å². The maximum absolute atomic E-state index is 12.1. The Kier molecular flexibility index (Phi) is 5.41. The van der Waals surface area contributed by atoms with Crippen LogP contribution in [0.2, 0.25) is 0 Å². The molecule has 1 aromatic carbocycles. The Hall–Kier alpha value is -1.61. The molecular formula is C19H26O3. The molecule has 0 saturated heterocycles. The van der Waals surface area contributed by atoms with E-state index in [-0.39, 0.29) is 24.1 Å². The summed E-state index contributed by atoms with van der Waals surface area (Å²) < 4.78 is 11.7. The normalized spacial score (nSPS) is 25.0. The zero-order valence-corrected chi connectivity index (χ0v) is 13.7. The summed E-state index contributed by atoms with van der Waals surface area (Å²) >= 11 is 0. The molecule has 0 unspecified atom stereocenters. The first kappa shape index (κ1) is 16.8. The number of hydrogen-bond donors (Lipinski definition) is 0. The first-order chi connectivity index (χ1) is 10.4. The van der Waals surface area contributed by atoms with Crippen molar-refractivity contribution in [3.8, 4) is 0 Å². The van der Waals surface area contributed by atoms with Crippen LogP contribution in [0.15, 0.2) is 43.0 Å². The van der Waals surface area contributed by atoms with Gasteiger partial charge in [-0.25, -0.2) is 0 Å². The van der Waals surface area contributed by atoms with Crippen molar-refractivity contribution in [1.82, 2.24) is 0 Å². The van der Waals surface area contributed by atoms with Crippen molar-refractivity contribution in [3.05, 3.63) is 48.6 Å². The molecular weight excluding hydrogens is 276 g/mol. The lowest BCUT2D eigenvalue weighted by atomic mass is 9.97. The zero-order chi connectivity index (χ0) is 16.2. The van der Waals surface area contributed by atoms with E-state index in [0.717, 1.165) is 18.4 Å². The molecule has 0 bridgehead atoms. The van der Waals surface area contributed by atoms with Crippen LogP contribution in [-0.2, 0) is 20.9 Å². The number of ether oxygens (including phenoxy) is 2. The van der Waals surface area contributed by atoms with Gasteiger partial charge >= 0.3 is 5.97 Å². The third-order valence-corrected chi connectivity index (χ3v) is 4.01. The second-order valence-electron chi connectivity index (χ2n) is 6.98. The van der Waals surface area contributed by atoms with Gasteiger partial charge in [0.1, 0.15) is 6.10 Å².